The number of hydrogen-bond donors (Lipinski definition) is 3. The fourth-order valence-corrected chi connectivity index (χ4v) is 4.78. The number of nitrogens with zero attached hydrogens (tertiary/aromatic N) is 1. The fraction of sp³-hybridized carbons (Fsp3) is 0.409. The van der Waals surface area contributed by atoms with Crippen LogP contribution in [0.1, 0.15) is 19.3 Å². The molecule has 32 heavy (non-hydrogen) atoms. The molecule has 8 nitrogen and oxygen atoms in total. The van der Waals surface area contributed by atoms with Crippen LogP contribution < -0.4 is 9.47 Å². The minimum absolute atomic E-state index is 0.0333. The summed E-state index contributed by atoms with van der Waals surface area (Å²) in [6, 6.07) is 7.63. The molecule has 1 saturated heterocycles. The number of β-lactam (4-membered cyclic amide) rings is 1. The molecule has 1 aliphatic heterocycles. The molecule has 1 amide bonds. The smallest absolute Gasteiger partial charge is 0.325 e. The summed E-state index contributed by atoms with van der Waals surface area (Å²) in [5.41, 5.74) is 0. The van der Waals surface area contributed by atoms with Gasteiger partial charge in [0.15, 0.2) is 5.06 Å². The maximum absolute atomic E-state index is 11.8. The van der Waals surface area contributed by atoms with Gasteiger partial charge in [0.1, 0.15) is 18.5 Å². The van der Waals surface area contributed by atoms with E-state index in [2.05, 4.69) is 0 Å². The van der Waals surface area contributed by atoms with Gasteiger partial charge in [0.05, 0.1) is 25.7 Å². The molecule has 2 atom stereocenters. The normalized spacial score (nSPS) is 17.9. The number of thiophene rings is 1. The Hall–Kier alpha value is -2.16. The number of carbonyl (C=O) groups is 1. The number of benzene rings is 1. The van der Waals surface area contributed by atoms with Gasteiger partial charge in [-0.2, -0.15) is 0 Å². The average Bonchev–Trinajstić information content (AvgIpc) is 3.15. The Balaban J connectivity index is 1.42. The summed E-state index contributed by atoms with van der Waals surface area (Å²) >= 11 is 1.50. The van der Waals surface area contributed by atoms with E-state index in [0.29, 0.717) is 30.9 Å². The van der Waals surface area contributed by atoms with Gasteiger partial charge >= 0.3 is 7.60 Å². The molecule has 2 heterocycles. The van der Waals surface area contributed by atoms with Crippen LogP contribution in [0, 0.1) is 0 Å². The maximum Gasteiger partial charge on any atom is 0.325 e. The van der Waals surface area contributed by atoms with E-state index in [1.54, 1.807) is 18.1 Å². The lowest BCUT2D eigenvalue weighted by Crippen LogP contribution is -2.51. The number of methoxy groups -OCH3 is 1. The molecule has 2 aromatic rings. The first-order valence-corrected chi connectivity index (χ1v) is 12.9. The van der Waals surface area contributed by atoms with Crippen LogP contribution in [-0.2, 0) is 9.36 Å². The summed E-state index contributed by atoms with van der Waals surface area (Å²) < 4.78 is 22.8. The highest BCUT2D eigenvalue weighted by molar-refractivity contribution is 7.51. The van der Waals surface area contributed by atoms with E-state index in [1.807, 2.05) is 42.5 Å². The van der Waals surface area contributed by atoms with E-state index in [0.717, 1.165) is 15.8 Å². The average molecular weight is 482 g/mol. The third kappa shape index (κ3) is 7.18. The molecule has 1 unspecified atom stereocenters. The number of fused-ring (bicyclic) bond motifs is 1. The molecule has 1 aromatic carbocycles. The lowest BCUT2D eigenvalue weighted by Gasteiger charge is -2.38. The summed E-state index contributed by atoms with van der Waals surface area (Å²) in [5, 5.41) is 12.0. The van der Waals surface area contributed by atoms with Gasteiger partial charge in [-0.25, -0.2) is 0 Å². The SMILES string of the molecule is COc1ccc2sc(OCC(O)C=C[C@H]3CC(=O)N3CC=CCCCP(=O)(O)O)cc2c1. The Morgan fingerprint density at radius 3 is 2.84 bits per heavy atom. The molecule has 174 valence electrons. The maximum atomic E-state index is 11.8. The van der Waals surface area contributed by atoms with E-state index in [9.17, 15) is 14.5 Å². The number of rotatable bonds is 12. The zero-order valence-corrected chi connectivity index (χ0v) is 19.5. The number of unbranched alkanes of at least 4 members (excludes halogenated alkanes) is 1. The Morgan fingerprint density at radius 2 is 2.12 bits per heavy atom. The molecule has 10 heteroatoms. The summed E-state index contributed by atoms with van der Waals surface area (Å²) in [6.07, 6.45) is 7.52. The predicted octanol–water partition coefficient (Wildman–Crippen LogP) is 3.32. The molecule has 0 aliphatic carbocycles. The standard InChI is InChI=1S/C22H28NO7PS/c1-29-19-8-9-20-16(12-19)13-22(32-20)30-15-18(24)7-6-17-14-21(25)23(17)10-4-2-3-5-11-31(26,27)28/h2,4,6-9,12-13,17-18,24H,3,5,10-11,14-15H2,1H3,(H2,26,27,28)/t17-,18?/m0/s1. The first-order chi connectivity index (χ1) is 15.2. The number of likely N-dealkylation sites (tertiary alicyclic amines) is 1. The molecule has 0 bridgehead atoms. The number of aliphatic hydroxyl groups excluding tert-OH is 1. The van der Waals surface area contributed by atoms with Crippen LogP contribution in [0.15, 0.2) is 48.6 Å². The van der Waals surface area contributed by atoms with Gasteiger partial charge in [0, 0.05) is 11.2 Å². The number of allylic oxidation sites excluding steroid dienone is 1. The highest BCUT2D eigenvalue weighted by Crippen LogP contribution is 2.35. The highest BCUT2D eigenvalue weighted by atomic mass is 32.1. The largest absolute Gasteiger partial charge is 0.497 e. The molecule has 0 radical (unpaired) electrons. The molecule has 0 saturated carbocycles. The molecule has 1 aliphatic rings. The summed E-state index contributed by atoms with van der Waals surface area (Å²) in [6.45, 7) is 0.544. The third-order valence-electron chi connectivity index (χ3n) is 5.05. The van der Waals surface area contributed by atoms with E-state index in [4.69, 9.17) is 19.3 Å². The Morgan fingerprint density at radius 1 is 1.31 bits per heavy atom. The van der Waals surface area contributed by atoms with Crippen molar-refractivity contribution in [2.45, 2.75) is 31.4 Å². The van der Waals surface area contributed by atoms with E-state index in [1.165, 1.54) is 11.3 Å². The minimum atomic E-state index is -3.95. The van der Waals surface area contributed by atoms with Crippen molar-refractivity contribution in [1.29, 1.82) is 0 Å². The zero-order chi connectivity index (χ0) is 23.1. The fourth-order valence-electron chi connectivity index (χ4n) is 3.28. The van der Waals surface area contributed by atoms with Crippen molar-refractivity contribution in [1.82, 2.24) is 4.90 Å². The Kier molecular flexibility index (Phi) is 8.51. The monoisotopic (exact) mass is 481 g/mol. The lowest BCUT2D eigenvalue weighted by atomic mass is 10.0. The Bertz CT molecular complexity index is 1030. The van der Waals surface area contributed by atoms with Crippen molar-refractivity contribution in [2.75, 3.05) is 26.4 Å². The van der Waals surface area contributed by atoms with Gasteiger partial charge in [-0.1, -0.05) is 35.6 Å². The number of hydrogen-bond acceptors (Lipinski definition) is 6. The number of ether oxygens (including phenoxy) is 2. The quantitative estimate of drug-likeness (QED) is 0.184. The van der Waals surface area contributed by atoms with Gasteiger partial charge in [-0.15, -0.1) is 0 Å². The second-order valence-corrected chi connectivity index (χ2v) is 10.4. The predicted molar refractivity (Wildman–Crippen MR) is 124 cm³/mol. The molecular formula is C22H28NO7PS. The molecule has 1 fully saturated rings. The van der Waals surface area contributed by atoms with E-state index < -0.39 is 13.7 Å². The van der Waals surface area contributed by atoms with Crippen molar-refractivity contribution >= 4 is 34.9 Å². The van der Waals surface area contributed by atoms with E-state index in [-0.39, 0.29) is 24.7 Å². The van der Waals surface area contributed by atoms with Crippen molar-refractivity contribution in [3.8, 4) is 10.8 Å². The third-order valence-corrected chi connectivity index (χ3v) is 6.97. The molecule has 1 aromatic heterocycles. The van der Waals surface area contributed by atoms with Crippen molar-refractivity contribution in [3.63, 3.8) is 0 Å². The zero-order valence-electron chi connectivity index (χ0n) is 17.8. The number of carbonyl (C=O) groups excluding carboxylic acids is 1. The van der Waals surface area contributed by atoms with Crippen molar-refractivity contribution < 1.29 is 33.7 Å². The van der Waals surface area contributed by atoms with Crippen LogP contribution in [0.2, 0.25) is 0 Å². The van der Waals surface area contributed by atoms with Gasteiger partial charge in [0.25, 0.3) is 0 Å². The van der Waals surface area contributed by atoms with Crippen LogP contribution in [0.25, 0.3) is 10.1 Å². The van der Waals surface area contributed by atoms with Crippen LogP contribution >= 0.6 is 18.9 Å². The van der Waals surface area contributed by atoms with Gasteiger partial charge in [-0.05, 0) is 42.5 Å². The van der Waals surface area contributed by atoms with Gasteiger partial charge in [-0.3, -0.25) is 9.36 Å². The second-order valence-electron chi connectivity index (χ2n) is 7.55. The molecule has 3 N–H and O–H groups in total. The highest BCUT2D eigenvalue weighted by Gasteiger charge is 2.33. The van der Waals surface area contributed by atoms with Crippen molar-refractivity contribution in [3.05, 3.63) is 48.6 Å². The lowest BCUT2D eigenvalue weighted by molar-refractivity contribution is -0.142. The summed E-state index contributed by atoms with van der Waals surface area (Å²) in [4.78, 5) is 31.2. The molecule has 0 spiro atoms. The molecule has 3 rings (SSSR count). The number of aliphatic hydroxyl groups is 1. The first kappa shape index (κ1) is 24.5. The van der Waals surface area contributed by atoms with Crippen molar-refractivity contribution in [2.24, 2.45) is 0 Å². The van der Waals surface area contributed by atoms with Crippen LogP contribution in [0.5, 0.6) is 10.8 Å². The topological polar surface area (TPSA) is 117 Å². The Labute approximate surface area is 190 Å². The van der Waals surface area contributed by atoms with Gasteiger partial charge in [0.2, 0.25) is 5.91 Å². The first-order valence-electron chi connectivity index (χ1n) is 10.3. The van der Waals surface area contributed by atoms with Gasteiger partial charge < -0.3 is 29.3 Å². The summed E-state index contributed by atoms with van der Waals surface area (Å²) in [7, 11) is -2.33. The van der Waals surface area contributed by atoms with E-state index >= 15 is 0 Å². The number of amides is 1. The van der Waals surface area contributed by atoms with Crippen LogP contribution in [-0.4, -0.2) is 64.3 Å². The molecular weight excluding hydrogens is 453 g/mol. The minimum Gasteiger partial charge on any atom is -0.497 e. The van der Waals surface area contributed by atoms with Crippen LogP contribution in [0.3, 0.4) is 0 Å². The second kappa shape index (κ2) is 11.1. The van der Waals surface area contributed by atoms with Crippen LogP contribution in [0.4, 0.5) is 0 Å². The summed E-state index contributed by atoms with van der Waals surface area (Å²) in [5.74, 6) is 0.811.